The molecule has 0 aromatic carbocycles. The van der Waals surface area contributed by atoms with Gasteiger partial charge in [0.15, 0.2) is 17.6 Å². The third-order valence-corrected chi connectivity index (χ3v) is 7.12. The molecule has 5 nitrogen and oxygen atoms in total. The average molecular weight is 366 g/mol. The zero-order valence-electron chi connectivity index (χ0n) is 16.0. The first-order valence-electron chi connectivity index (χ1n) is 10.1. The number of hydrogen-bond donors (Lipinski definition) is 0. The summed E-state index contributed by atoms with van der Waals surface area (Å²) in [4.78, 5) is 30.3. The minimum absolute atomic E-state index is 0.134. The Labute approximate surface area is 159 Å². The molecule has 0 radical (unpaired) electrons. The van der Waals surface area contributed by atoms with E-state index in [1.54, 1.807) is 13.1 Å². The first kappa shape index (κ1) is 17.0. The number of carbonyl (C=O) groups excluding carboxylic acids is 2. The third kappa shape index (κ3) is 2.70. The highest BCUT2D eigenvalue weighted by Gasteiger charge is 2.55. The number of fused-ring (bicyclic) bond motifs is 1. The summed E-state index contributed by atoms with van der Waals surface area (Å²) < 4.78 is 7.46. The fourth-order valence-electron chi connectivity index (χ4n) is 6.36. The summed E-state index contributed by atoms with van der Waals surface area (Å²) in [7, 11) is 0. The molecular weight excluding hydrogens is 340 g/mol. The number of pyridine rings is 1. The van der Waals surface area contributed by atoms with Gasteiger partial charge >= 0.3 is 5.97 Å². The van der Waals surface area contributed by atoms with Gasteiger partial charge in [0.2, 0.25) is 0 Å². The second-order valence-corrected chi connectivity index (χ2v) is 9.13. The Hall–Kier alpha value is -2.17. The number of rotatable bonds is 4. The Kier molecular flexibility index (Phi) is 3.72. The van der Waals surface area contributed by atoms with Crippen molar-refractivity contribution in [2.45, 2.75) is 58.5 Å². The van der Waals surface area contributed by atoms with Gasteiger partial charge in [-0.15, -0.1) is 0 Å². The monoisotopic (exact) mass is 366 g/mol. The van der Waals surface area contributed by atoms with Gasteiger partial charge in [-0.25, -0.2) is 9.78 Å². The van der Waals surface area contributed by atoms with Crippen molar-refractivity contribution in [2.24, 2.45) is 23.2 Å². The van der Waals surface area contributed by atoms with E-state index in [2.05, 4.69) is 4.98 Å². The van der Waals surface area contributed by atoms with Crippen LogP contribution in [0.1, 0.15) is 61.6 Å². The minimum Gasteiger partial charge on any atom is -0.450 e. The van der Waals surface area contributed by atoms with Gasteiger partial charge in [0.1, 0.15) is 5.65 Å². The number of nitrogens with zero attached hydrogens (tertiary/aromatic N) is 2. The average Bonchev–Trinajstić information content (AvgIpc) is 3.06. The van der Waals surface area contributed by atoms with E-state index in [0.717, 1.165) is 25.0 Å². The second kappa shape index (κ2) is 5.91. The van der Waals surface area contributed by atoms with Crippen LogP contribution in [0.15, 0.2) is 24.4 Å². The predicted molar refractivity (Wildman–Crippen MR) is 100 cm³/mol. The van der Waals surface area contributed by atoms with Crippen LogP contribution >= 0.6 is 0 Å². The number of aromatic nitrogens is 2. The van der Waals surface area contributed by atoms with Gasteiger partial charge in [0, 0.05) is 17.3 Å². The van der Waals surface area contributed by atoms with Crippen molar-refractivity contribution in [3.8, 4) is 0 Å². The SMILES string of the molecule is Cc1cccc2nc(C(=O)O[C@@H](C)C(=O)C34CC5CC(CC(C5)C3)C4)cn12. The van der Waals surface area contributed by atoms with Gasteiger partial charge in [-0.1, -0.05) is 6.07 Å². The molecule has 142 valence electrons. The molecule has 0 N–H and O–H groups in total. The quantitative estimate of drug-likeness (QED) is 0.768. The lowest BCUT2D eigenvalue weighted by Gasteiger charge is -2.56. The van der Waals surface area contributed by atoms with Crippen molar-refractivity contribution in [3.63, 3.8) is 0 Å². The van der Waals surface area contributed by atoms with Crippen molar-refractivity contribution in [1.29, 1.82) is 0 Å². The van der Waals surface area contributed by atoms with E-state index in [0.29, 0.717) is 23.4 Å². The Morgan fingerprint density at radius 1 is 1.15 bits per heavy atom. The van der Waals surface area contributed by atoms with Crippen LogP contribution in [0.25, 0.3) is 5.65 Å². The summed E-state index contributed by atoms with van der Waals surface area (Å²) in [5.41, 5.74) is 1.72. The summed E-state index contributed by atoms with van der Waals surface area (Å²) in [6, 6.07) is 5.72. The largest absolute Gasteiger partial charge is 0.450 e. The number of ketones is 1. The number of aryl methyl sites for hydroxylation is 1. The maximum atomic E-state index is 13.3. The molecule has 4 aliphatic carbocycles. The summed E-state index contributed by atoms with van der Waals surface area (Å²) in [6.45, 7) is 3.70. The molecule has 5 heteroatoms. The molecule has 6 rings (SSSR count). The van der Waals surface area contributed by atoms with E-state index in [4.69, 9.17) is 4.74 Å². The molecule has 27 heavy (non-hydrogen) atoms. The molecule has 0 unspecified atom stereocenters. The molecule has 2 heterocycles. The van der Waals surface area contributed by atoms with Gasteiger partial charge < -0.3 is 9.14 Å². The van der Waals surface area contributed by atoms with E-state index in [-0.39, 0.29) is 16.9 Å². The minimum atomic E-state index is -0.709. The molecule has 2 aromatic heterocycles. The van der Waals surface area contributed by atoms with Crippen LogP contribution in [0, 0.1) is 30.1 Å². The Bertz CT molecular complexity index is 893. The van der Waals surface area contributed by atoms with Gasteiger partial charge in [-0.3, -0.25) is 4.79 Å². The summed E-state index contributed by atoms with van der Waals surface area (Å²) in [5.74, 6) is 1.72. The van der Waals surface area contributed by atoms with Crippen molar-refractivity contribution in [1.82, 2.24) is 9.38 Å². The molecule has 0 amide bonds. The van der Waals surface area contributed by atoms with Crippen LogP contribution in [0.2, 0.25) is 0 Å². The van der Waals surface area contributed by atoms with Gasteiger partial charge in [0.05, 0.1) is 0 Å². The zero-order valence-corrected chi connectivity index (χ0v) is 16.0. The Morgan fingerprint density at radius 3 is 2.37 bits per heavy atom. The van der Waals surface area contributed by atoms with Crippen molar-refractivity contribution in [2.75, 3.05) is 0 Å². The molecule has 2 aromatic rings. The third-order valence-electron chi connectivity index (χ3n) is 7.12. The number of carbonyl (C=O) groups is 2. The van der Waals surface area contributed by atoms with Gasteiger partial charge in [0.25, 0.3) is 0 Å². The molecular formula is C22H26N2O3. The number of hydrogen-bond acceptors (Lipinski definition) is 4. The van der Waals surface area contributed by atoms with Crippen LogP contribution in [0.5, 0.6) is 0 Å². The lowest BCUT2D eigenvalue weighted by Crippen LogP contribution is -2.52. The molecule has 0 saturated heterocycles. The molecule has 4 fully saturated rings. The highest BCUT2D eigenvalue weighted by atomic mass is 16.5. The molecule has 4 bridgehead atoms. The summed E-state index contributed by atoms with van der Waals surface area (Å²) in [5, 5.41) is 0. The molecule has 0 spiro atoms. The first-order chi connectivity index (χ1) is 12.9. The fraction of sp³-hybridized carbons (Fsp3) is 0.591. The predicted octanol–water partition coefficient (Wildman–Crippen LogP) is 3.97. The van der Waals surface area contributed by atoms with Gasteiger partial charge in [-0.05, 0) is 82.3 Å². The van der Waals surface area contributed by atoms with E-state index >= 15 is 0 Å². The van der Waals surface area contributed by atoms with Crippen LogP contribution in [0.4, 0.5) is 0 Å². The van der Waals surface area contributed by atoms with Crippen molar-refractivity contribution in [3.05, 3.63) is 35.8 Å². The Morgan fingerprint density at radius 2 is 1.78 bits per heavy atom. The highest BCUT2D eigenvalue weighted by Crippen LogP contribution is 2.60. The Balaban J connectivity index is 1.33. The summed E-state index contributed by atoms with van der Waals surface area (Å²) in [6.07, 6.45) is 7.84. The number of imidazole rings is 1. The highest BCUT2D eigenvalue weighted by molar-refractivity contribution is 5.94. The van der Waals surface area contributed by atoms with E-state index < -0.39 is 12.1 Å². The maximum absolute atomic E-state index is 13.3. The van der Waals surface area contributed by atoms with Crippen LogP contribution in [-0.4, -0.2) is 27.2 Å². The lowest BCUT2D eigenvalue weighted by atomic mass is 9.48. The van der Waals surface area contributed by atoms with Crippen LogP contribution in [-0.2, 0) is 9.53 Å². The normalized spacial score (nSPS) is 32.6. The fourth-order valence-corrected chi connectivity index (χ4v) is 6.36. The molecule has 4 aliphatic rings. The smallest absolute Gasteiger partial charge is 0.359 e. The number of Topliss-reactive ketones (excluding diaryl/α,β-unsaturated/α-hetero) is 1. The molecule has 1 atom stereocenters. The standard InChI is InChI=1S/C22H26N2O3/c1-13-4-3-5-19-23-18(12-24(13)19)21(26)27-14(2)20(25)22-9-15-6-16(10-22)8-17(7-15)11-22/h3-5,12,14-17H,6-11H2,1-2H3/t14-,15?,16?,17?,22?/m0/s1. The number of esters is 1. The van der Waals surface area contributed by atoms with Crippen LogP contribution in [0.3, 0.4) is 0 Å². The summed E-state index contributed by atoms with van der Waals surface area (Å²) >= 11 is 0. The van der Waals surface area contributed by atoms with Gasteiger partial charge in [-0.2, -0.15) is 0 Å². The molecule has 0 aliphatic heterocycles. The van der Waals surface area contributed by atoms with Crippen molar-refractivity contribution < 1.29 is 14.3 Å². The molecule has 4 saturated carbocycles. The maximum Gasteiger partial charge on any atom is 0.359 e. The zero-order chi connectivity index (χ0) is 18.8. The van der Waals surface area contributed by atoms with E-state index in [1.165, 1.54) is 19.3 Å². The second-order valence-electron chi connectivity index (χ2n) is 9.13. The van der Waals surface area contributed by atoms with Crippen molar-refractivity contribution >= 4 is 17.4 Å². The van der Waals surface area contributed by atoms with E-state index in [1.807, 2.05) is 29.5 Å². The first-order valence-corrected chi connectivity index (χ1v) is 10.1. The lowest BCUT2D eigenvalue weighted by molar-refractivity contribution is -0.152. The van der Waals surface area contributed by atoms with Crippen LogP contribution < -0.4 is 0 Å². The van der Waals surface area contributed by atoms with E-state index in [9.17, 15) is 9.59 Å². The number of ether oxygens (including phenoxy) is 1. The topological polar surface area (TPSA) is 60.7 Å².